The van der Waals surface area contributed by atoms with E-state index in [4.69, 9.17) is 9.84 Å². The molecule has 1 aliphatic carbocycles. The fourth-order valence-corrected chi connectivity index (χ4v) is 3.16. The van der Waals surface area contributed by atoms with Crippen LogP contribution in [0, 0.1) is 11.8 Å². The van der Waals surface area contributed by atoms with Gasteiger partial charge in [-0.1, -0.05) is 6.42 Å². The molecule has 5 heteroatoms. The van der Waals surface area contributed by atoms with Gasteiger partial charge in [0.15, 0.2) is 0 Å². The number of hydrogen-bond donors (Lipinski definition) is 2. The Morgan fingerprint density at radius 1 is 1.24 bits per heavy atom. The number of rotatable bonds is 3. The highest BCUT2D eigenvalue weighted by Gasteiger charge is 2.31. The number of ether oxygens (including phenoxy) is 1. The van der Waals surface area contributed by atoms with Gasteiger partial charge in [0.2, 0.25) is 5.91 Å². The van der Waals surface area contributed by atoms with Crippen molar-refractivity contribution in [2.45, 2.75) is 32.1 Å². The van der Waals surface area contributed by atoms with Gasteiger partial charge < -0.3 is 15.2 Å². The number of hydrogen-bond acceptors (Lipinski definition) is 3. The van der Waals surface area contributed by atoms with Crippen LogP contribution in [0.15, 0.2) is 18.2 Å². The number of fused-ring (bicyclic) bond motifs is 1. The average Bonchev–Trinajstić information content (AvgIpc) is 2.95. The molecule has 5 nitrogen and oxygen atoms in total. The van der Waals surface area contributed by atoms with Gasteiger partial charge in [-0.05, 0) is 43.0 Å². The topological polar surface area (TPSA) is 75.6 Å². The molecule has 3 rings (SSSR count). The van der Waals surface area contributed by atoms with Crippen LogP contribution < -0.4 is 10.1 Å². The van der Waals surface area contributed by atoms with E-state index >= 15 is 0 Å². The minimum Gasteiger partial charge on any atom is -0.493 e. The van der Waals surface area contributed by atoms with Crippen molar-refractivity contribution < 1.29 is 19.4 Å². The molecule has 2 unspecified atom stereocenters. The zero-order valence-corrected chi connectivity index (χ0v) is 11.8. The van der Waals surface area contributed by atoms with Gasteiger partial charge in [0, 0.05) is 18.0 Å². The number of carboxylic acid groups (broad SMARTS) is 1. The highest BCUT2D eigenvalue weighted by atomic mass is 16.5. The molecule has 112 valence electrons. The average molecular weight is 289 g/mol. The van der Waals surface area contributed by atoms with Crippen molar-refractivity contribution in [2.24, 2.45) is 11.8 Å². The fraction of sp³-hybridized carbons (Fsp3) is 0.500. The summed E-state index contributed by atoms with van der Waals surface area (Å²) in [5, 5.41) is 12.0. The predicted molar refractivity (Wildman–Crippen MR) is 77.4 cm³/mol. The molecule has 1 aliphatic heterocycles. The van der Waals surface area contributed by atoms with E-state index in [1.807, 2.05) is 18.2 Å². The van der Waals surface area contributed by atoms with E-state index < -0.39 is 5.97 Å². The Labute approximate surface area is 123 Å². The third-order valence-corrected chi connectivity index (χ3v) is 4.35. The van der Waals surface area contributed by atoms with E-state index in [0.717, 1.165) is 36.3 Å². The number of anilines is 1. The zero-order valence-electron chi connectivity index (χ0n) is 11.8. The molecular weight excluding hydrogens is 270 g/mol. The minimum atomic E-state index is -0.790. The third-order valence-electron chi connectivity index (χ3n) is 4.35. The first-order valence-electron chi connectivity index (χ1n) is 7.43. The van der Waals surface area contributed by atoms with Crippen molar-refractivity contribution in [1.82, 2.24) is 0 Å². The van der Waals surface area contributed by atoms with Crippen LogP contribution in [0.25, 0.3) is 0 Å². The number of carboxylic acids is 1. The summed E-state index contributed by atoms with van der Waals surface area (Å²) in [5.74, 6) is -0.564. The Bertz CT molecular complexity index is 569. The van der Waals surface area contributed by atoms with E-state index in [2.05, 4.69) is 5.32 Å². The second-order valence-electron chi connectivity index (χ2n) is 5.81. The summed E-state index contributed by atoms with van der Waals surface area (Å²) in [4.78, 5) is 23.4. The molecule has 1 aromatic carbocycles. The van der Waals surface area contributed by atoms with Gasteiger partial charge in [0.25, 0.3) is 0 Å². The summed E-state index contributed by atoms with van der Waals surface area (Å²) in [6.45, 7) is 0.690. The van der Waals surface area contributed by atoms with Crippen molar-refractivity contribution >= 4 is 17.6 Å². The zero-order chi connectivity index (χ0) is 14.8. The number of amides is 1. The van der Waals surface area contributed by atoms with Gasteiger partial charge in [-0.2, -0.15) is 0 Å². The summed E-state index contributed by atoms with van der Waals surface area (Å²) in [6, 6.07) is 5.65. The van der Waals surface area contributed by atoms with Gasteiger partial charge in [0.1, 0.15) is 5.75 Å². The quantitative estimate of drug-likeness (QED) is 0.896. The Morgan fingerprint density at radius 2 is 2.05 bits per heavy atom. The first-order chi connectivity index (χ1) is 10.1. The standard InChI is InChI=1S/C16H19NO4/c18-15(11-2-1-3-12(8-11)16(19)20)17-13-4-5-14-10(9-13)6-7-21-14/h4-5,9,11-12H,1-3,6-8H2,(H,17,18)(H,19,20). The maximum atomic E-state index is 12.3. The number of nitrogens with one attached hydrogen (secondary N) is 1. The second kappa shape index (κ2) is 5.76. The lowest BCUT2D eigenvalue weighted by atomic mass is 9.81. The molecule has 1 amide bonds. The van der Waals surface area contributed by atoms with Crippen LogP contribution in [-0.2, 0) is 16.0 Å². The normalized spacial score (nSPS) is 24.0. The van der Waals surface area contributed by atoms with Gasteiger partial charge in [-0.3, -0.25) is 9.59 Å². The summed E-state index contributed by atoms with van der Waals surface area (Å²) in [7, 11) is 0. The fourth-order valence-electron chi connectivity index (χ4n) is 3.16. The van der Waals surface area contributed by atoms with Crippen molar-refractivity contribution in [1.29, 1.82) is 0 Å². The molecule has 1 heterocycles. The smallest absolute Gasteiger partial charge is 0.306 e. The summed E-state index contributed by atoms with van der Waals surface area (Å²) in [6.07, 6.45) is 3.55. The molecule has 2 atom stereocenters. The summed E-state index contributed by atoms with van der Waals surface area (Å²) >= 11 is 0. The molecule has 0 saturated heterocycles. The third kappa shape index (κ3) is 3.01. The highest BCUT2D eigenvalue weighted by molar-refractivity contribution is 5.93. The van der Waals surface area contributed by atoms with Crippen LogP contribution in [0.1, 0.15) is 31.2 Å². The van der Waals surface area contributed by atoms with Crippen LogP contribution in [0.2, 0.25) is 0 Å². The minimum absolute atomic E-state index is 0.0696. The SMILES string of the molecule is O=C(O)C1CCCC(C(=O)Nc2ccc3c(c2)CCO3)C1. The van der Waals surface area contributed by atoms with Crippen LogP contribution in [-0.4, -0.2) is 23.6 Å². The van der Waals surface area contributed by atoms with Crippen molar-refractivity contribution in [3.63, 3.8) is 0 Å². The first kappa shape index (κ1) is 13.9. The molecule has 0 radical (unpaired) electrons. The van der Waals surface area contributed by atoms with Crippen LogP contribution in [0.3, 0.4) is 0 Å². The lowest BCUT2D eigenvalue weighted by Gasteiger charge is -2.25. The Kier molecular flexibility index (Phi) is 3.82. The molecule has 0 bridgehead atoms. The monoisotopic (exact) mass is 289 g/mol. The Morgan fingerprint density at radius 3 is 2.86 bits per heavy atom. The lowest BCUT2D eigenvalue weighted by molar-refractivity contribution is -0.143. The van der Waals surface area contributed by atoms with Crippen LogP contribution in [0.5, 0.6) is 5.75 Å². The predicted octanol–water partition coefficient (Wildman–Crippen LogP) is 2.45. The number of carbonyl (C=O) groups is 2. The van der Waals surface area contributed by atoms with Gasteiger partial charge in [0.05, 0.1) is 12.5 Å². The Balaban J connectivity index is 1.64. The molecule has 0 spiro atoms. The molecule has 1 aromatic rings. The summed E-state index contributed by atoms with van der Waals surface area (Å²) < 4.78 is 5.44. The number of aliphatic carboxylic acids is 1. The summed E-state index contributed by atoms with van der Waals surface area (Å²) in [5.41, 5.74) is 1.88. The highest BCUT2D eigenvalue weighted by Crippen LogP contribution is 2.31. The lowest BCUT2D eigenvalue weighted by Crippen LogP contribution is -2.30. The van der Waals surface area contributed by atoms with E-state index in [9.17, 15) is 9.59 Å². The van der Waals surface area contributed by atoms with E-state index in [1.54, 1.807) is 0 Å². The maximum absolute atomic E-state index is 12.3. The maximum Gasteiger partial charge on any atom is 0.306 e. The van der Waals surface area contributed by atoms with E-state index in [-0.39, 0.29) is 17.7 Å². The number of benzene rings is 1. The second-order valence-corrected chi connectivity index (χ2v) is 5.81. The largest absolute Gasteiger partial charge is 0.493 e. The van der Waals surface area contributed by atoms with Gasteiger partial charge in [-0.25, -0.2) is 0 Å². The van der Waals surface area contributed by atoms with Crippen LogP contribution in [0.4, 0.5) is 5.69 Å². The Hall–Kier alpha value is -2.04. The van der Waals surface area contributed by atoms with Gasteiger partial charge in [-0.15, -0.1) is 0 Å². The number of carbonyl (C=O) groups excluding carboxylic acids is 1. The van der Waals surface area contributed by atoms with Crippen molar-refractivity contribution in [3.05, 3.63) is 23.8 Å². The molecule has 2 aliphatic rings. The van der Waals surface area contributed by atoms with E-state index in [0.29, 0.717) is 19.4 Å². The van der Waals surface area contributed by atoms with Crippen molar-refractivity contribution in [3.8, 4) is 5.75 Å². The van der Waals surface area contributed by atoms with Crippen molar-refractivity contribution in [2.75, 3.05) is 11.9 Å². The molecule has 0 aromatic heterocycles. The van der Waals surface area contributed by atoms with Crippen LogP contribution >= 0.6 is 0 Å². The molecular formula is C16H19NO4. The molecule has 2 N–H and O–H groups in total. The molecule has 1 saturated carbocycles. The van der Waals surface area contributed by atoms with E-state index in [1.165, 1.54) is 0 Å². The first-order valence-corrected chi connectivity index (χ1v) is 7.43. The molecule has 21 heavy (non-hydrogen) atoms. The van der Waals surface area contributed by atoms with Gasteiger partial charge >= 0.3 is 5.97 Å². The molecule has 1 fully saturated rings.